The summed E-state index contributed by atoms with van der Waals surface area (Å²) < 4.78 is 0.881. The molecular formula is C7H11Cl2NS. The lowest BCUT2D eigenvalue weighted by molar-refractivity contribution is 0.799. The molecule has 11 heavy (non-hydrogen) atoms. The van der Waals surface area contributed by atoms with Crippen LogP contribution in [0.25, 0.3) is 0 Å². The highest BCUT2D eigenvalue weighted by Crippen LogP contribution is 2.21. The molecule has 0 bridgehead atoms. The van der Waals surface area contributed by atoms with Gasteiger partial charge in [0.2, 0.25) is 0 Å². The molecule has 1 nitrogen and oxygen atoms in total. The molecule has 0 saturated carbocycles. The third-order valence-electron chi connectivity index (χ3n) is 1.25. The molecule has 1 heterocycles. The Morgan fingerprint density at radius 3 is 2.73 bits per heavy atom. The fourth-order valence-corrected chi connectivity index (χ4v) is 1.82. The molecule has 0 unspecified atom stereocenters. The van der Waals surface area contributed by atoms with Crippen LogP contribution in [-0.2, 0) is 6.42 Å². The van der Waals surface area contributed by atoms with Crippen LogP contribution in [0.15, 0.2) is 12.1 Å². The van der Waals surface area contributed by atoms with Crippen molar-refractivity contribution in [1.29, 1.82) is 0 Å². The second-order valence-corrected chi connectivity index (χ2v) is 3.86. The van der Waals surface area contributed by atoms with Crippen molar-refractivity contribution in [1.82, 2.24) is 5.32 Å². The fourth-order valence-electron chi connectivity index (χ4n) is 0.734. The molecule has 0 aromatic carbocycles. The summed E-state index contributed by atoms with van der Waals surface area (Å²) in [5.74, 6) is 0. The molecule has 0 amide bonds. The third-order valence-corrected chi connectivity index (χ3v) is 2.54. The number of likely N-dealkylation sites (N-methyl/N-ethyl adjacent to an activating group) is 1. The second kappa shape index (κ2) is 5.84. The van der Waals surface area contributed by atoms with Crippen molar-refractivity contribution in [2.45, 2.75) is 6.42 Å². The SMILES string of the molecule is CNCCc1ccc(Cl)s1.Cl. The zero-order valence-electron chi connectivity index (χ0n) is 6.26. The molecule has 4 heteroatoms. The highest BCUT2D eigenvalue weighted by atomic mass is 35.5. The van der Waals surface area contributed by atoms with Crippen molar-refractivity contribution in [3.63, 3.8) is 0 Å². The maximum atomic E-state index is 5.74. The Hall–Kier alpha value is 0.240. The Labute approximate surface area is 82.2 Å². The van der Waals surface area contributed by atoms with Gasteiger partial charge in [-0.3, -0.25) is 0 Å². The highest BCUT2D eigenvalue weighted by molar-refractivity contribution is 7.16. The molecular weight excluding hydrogens is 201 g/mol. The summed E-state index contributed by atoms with van der Waals surface area (Å²) in [4.78, 5) is 1.35. The lowest BCUT2D eigenvalue weighted by atomic mass is 10.3. The Bertz CT molecular complexity index is 200. The van der Waals surface area contributed by atoms with Gasteiger partial charge in [-0.2, -0.15) is 0 Å². The number of hydrogen-bond donors (Lipinski definition) is 1. The topological polar surface area (TPSA) is 12.0 Å². The summed E-state index contributed by atoms with van der Waals surface area (Å²) >= 11 is 7.39. The molecule has 1 aromatic rings. The summed E-state index contributed by atoms with van der Waals surface area (Å²) in [6, 6.07) is 4.02. The highest BCUT2D eigenvalue weighted by Gasteiger charge is 1.95. The Balaban J connectivity index is 0.000001000. The van der Waals surface area contributed by atoms with Crippen LogP contribution in [0.2, 0.25) is 4.34 Å². The Morgan fingerprint density at radius 1 is 1.55 bits per heavy atom. The van der Waals surface area contributed by atoms with E-state index in [4.69, 9.17) is 11.6 Å². The Kier molecular flexibility index (Phi) is 5.96. The van der Waals surface area contributed by atoms with Crippen LogP contribution < -0.4 is 5.32 Å². The fraction of sp³-hybridized carbons (Fsp3) is 0.429. The van der Waals surface area contributed by atoms with Gasteiger partial charge in [0.25, 0.3) is 0 Å². The first-order valence-corrected chi connectivity index (χ1v) is 4.41. The standard InChI is InChI=1S/C7H10ClNS.ClH/c1-9-5-4-6-2-3-7(8)10-6;/h2-3,9H,4-5H2,1H3;1H. The largest absolute Gasteiger partial charge is 0.319 e. The zero-order chi connectivity index (χ0) is 7.40. The predicted octanol–water partition coefficient (Wildman–Crippen LogP) is 2.59. The van der Waals surface area contributed by atoms with E-state index in [9.17, 15) is 0 Å². The molecule has 0 spiro atoms. The van der Waals surface area contributed by atoms with Gasteiger partial charge in [-0.1, -0.05) is 11.6 Å². The minimum atomic E-state index is 0. The van der Waals surface area contributed by atoms with Crippen LogP contribution >= 0.6 is 35.3 Å². The van der Waals surface area contributed by atoms with Crippen molar-refractivity contribution in [3.05, 3.63) is 21.3 Å². The van der Waals surface area contributed by atoms with E-state index >= 15 is 0 Å². The summed E-state index contributed by atoms with van der Waals surface area (Å²) in [6.07, 6.45) is 1.08. The van der Waals surface area contributed by atoms with Gasteiger partial charge in [0, 0.05) is 4.88 Å². The second-order valence-electron chi connectivity index (χ2n) is 2.06. The minimum absolute atomic E-state index is 0. The smallest absolute Gasteiger partial charge is 0.0931 e. The summed E-state index contributed by atoms with van der Waals surface area (Å²) in [7, 11) is 1.95. The van der Waals surface area contributed by atoms with Crippen molar-refractivity contribution in [3.8, 4) is 0 Å². The molecule has 0 aliphatic rings. The summed E-state index contributed by atoms with van der Waals surface area (Å²) in [6.45, 7) is 1.02. The zero-order valence-corrected chi connectivity index (χ0v) is 8.65. The van der Waals surface area contributed by atoms with E-state index in [1.54, 1.807) is 11.3 Å². The number of nitrogens with one attached hydrogen (secondary N) is 1. The van der Waals surface area contributed by atoms with Crippen LogP contribution in [0.4, 0.5) is 0 Å². The lowest BCUT2D eigenvalue weighted by Gasteiger charge is -1.93. The van der Waals surface area contributed by atoms with Gasteiger partial charge in [0.05, 0.1) is 4.34 Å². The maximum absolute atomic E-state index is 5.74. The normalized spacial score (nSPS) is 9.27. The van der Waals surface area contributed by atoms with Crippen LogP contribution in [0.5, 0.6) is 0 Å². The average Bonchev–Trinajstić information content (AvgIpc) is 2.31. The lowest BCUT2D eigenvalue weighted by Crippen LogP contribution is -2.09. The van der Waals surface area contributed by atoms with Crippen LogP contribution in [0.3, 0.4) is 0 Å². The first kappa shape index (κ1) is 11.2. The average molecular weight is 212 g/mol. The van der Waals surface area contributed by atoms with E-state index in [-0.39, 0.29) is 12.4 Å². The maximum Gasteiger partial charge on any atom is 0.0931 e. The van der Waals surface area contributed by atoms with E-state index in [1.807, 2.05) is 13.1 Å². The predicted molar refractivity (Wildman–Crippen MR) is 54.2 cm³/mol. The van der Waals surface area contributed by atoms with E-state index in [1.165, 1.54) is 4.88 Å². The van der Waals surface area contributed by atoms with E-state index in [0.29, 0.717) is 0 Å². The molecule has 64 valence electrons. The summed E-state index contributed by atoms with van der Waals surface area (Å²) in [5.41, 5.74) is 0. The third kappa shape index (κ3) is 3.97. The monoisotopic (exact) mass is 211 g/mol. The van der Waals surface area contributed by atoms with Crippen LogP contribution in [0.1, 0.15) is 4.88 Å². The van der Waals surface area contributed by atoms with E-state index in [0.717, 1.165) is 17.3 Å². The molecule has 0 aliphatic heterocycles. The van der Waals surface area contributed by atoms with Gasteiger partial charge >= 0.3 is 0 Å². The van der Waals surface area contributed by atoms with Crippen LogP contribution in [0, 0.1) is 0 Å². The number of rotatable bonds is 3. The van der Waals surface area contributed by atoms with Crippen molar-refractivity contribution >= 4 is 35.3 Å². The van der Waals surface area contributed by atoms with Gasteiger partial charge in [0.15, 0.2) is 0 Å². The van der Waals surface area contributed by atoms with E-state index < -0.39 is 0 Å². The van der Waals surface area contributed by atoms with Gasteiger partial charge in [-0.05, 0) is 32.1 Å². The van der Waals surface area contributed by atoms with Gasteiger partial charge < -0.3 is 5.32 Å². The summed E-state index contributed by atoms with van der Waals surface area (Å²) in [5, 5.41) is 3.09. The molecule has 0 aliphatic carbocycles. The number of halogens is 2. The van der Waals surface area contributed by atoms with Gasteiger partial charge in [-0.15, -0.1) is 23.7 Å². The first-order valence-electron chi connectivity index (χ1n) is 3.22. The molecule has 1 N–H and O–H groups in total. The molecule has 0 atom stereocenters. The minimum Gasteiger partial charge on any atom is -0.319 e. The first-order chi connectivity index (χ1) is 4.83. The Morgan fingerprint density at radius 2 is 2.27 bits per heavy atom. The molecule has 1 rings (SSSR count). The van der Waals surface area contributed by atoms with Crippen LogP contribution in [-0.4, -0.2) is 13.6 Å². The van der Waals surface area contributed by atoms with Gasteiger partial charge in [0.1, 0.15) is 0 Å². The van der Waals surface area contributed by atoms with Crippen molar-refractivity contribution < 1.29 is 0 Å². The van der Waals surface area contributed by atoms with Crippen molar-refractivity contribution in [2.75, 3.05) is 13.6 Å². The molecule has 1 aromatic heterocycles. The molecule has 0 saturated heterocycles. The molecule has 0 radical (unpaired) electrons. The van der Waals surface area contributed by atoms with Gasteiger partial charge in [-0.25, -0.2) is 0 Å². The molecule has 0 fully saturated rings. The number of thiophene rings is 1. The quantitative estimate of drug-likeness (QED) is 0.811. The van der Waals surface area contributed by atoms with E-state index in [2.05, 4.69) is 11.4 Å². The number of hydrogen-bond acceptors (Lipinski definition) is 2. The van der Waals surface area contributed by atoms with Crippen molar-refractivity contribution in [2.24, 2.45) is 0 Å².